The van der Waals surface area contributed by atoms with E-state index in [1.54, 1.807) is 7.11 Å². The van der Waals surface area contributed by atoms with Gasteiger partial charge in [-0.2, -0.15) is 0 Å². The van der Waals surface area contributed by atoms with E-state index in [1.165, 1.54) is 22.4 Å². The maximum atomic E-state index is 5.26. The number of aryl methyl sites for hydroxylation is 2. The Morgan fingerprint density at radius 2 is 1.70 bits per heavy atom. The molecule has 0 radical (unpaired) electrons. The number of ether oxygens (including phenoxy) is 1. The van der Waals surface area contributed by atoms with Crippen LogP contribution in [0.4, 0.5) is 5.69 Å². The van der Waals surface area contributed by atoms with Crippen LogP contribution in [0.5, 0.6) is 5.75 Å². The summed E-state index contributed by atoms with van der Waals surface area (Å²) >= 11 is 3.53. The number of methoxy groups -OCH3 is 1. The van der Waals surface area contributed by atoms with Crippen molar-refractivity contribution in [3.05, 3.63) is 57.6 Å². The van der Waals surface area contributed by atoms with Gasteiger partial charge in [0.25, 0.3) is 0 Å². The van der Waals surface area contributed by atoms with Gasteiger partial charge >= 0.3 is 0 Å². The van der Waals surface area contributed by atoms with Crippen LogP contribution in [0.1, 0.15) is 16.7 Å². The van der Waals surface area contributed by atoms with Crippen molar-refractivity contribution in [1.29, 1.82) is 0 Å². The molecule has 0 aliphatic heterocycles. The maximum absolute atomic E-state index is 5.26. The van der Waals surface area contributed by atoms with Crippen LogP contribution < -0.4 is 9.64 Å². The Kier molecular flexibility index (Phi) is 4.71. The van der Waals surface area contributed by atoms with Crippen molar-refractivity contribution < 1.29 is 4.74 Å². The van der Waals surface area contributed by atoms with Crippen LogP contribution in [0, 0.1) is 13.8 Å². The third-order valence-electron chi connectivity index (χ3n) is 3.28. The lowest BCUT2D eigenvalue weighted by molar-refractivity contribution is 0.412. The summed E-state index contributed by atoms with van der Waals surface area (Å²) in [5.74, 6) is 0.864. The van der Waals surface area contributed by atoms with E-state index < -0.39 is 0 Å². The zero-order valence-corrected chi connectivity index (χ0v) is 14.0. The third-order valence-corrected chi connectivity index (χ3v) is 3.90. The molecule has 106 valence electrons. The quantitative estimate of drug-likeness (QED) is 0.803. The number of nitrogens with zero attached hydrogens (tertiary/aromatic N) is 1. The molecule has 2 aromatic carbocycles. The van der Waals surface area contributed by atoms with Crippen LogP contribution in [-0.4, -0.2) is 14.2 Å². The zero-order valence-electron chi connectivity index (χ0n) is 12.4. The number of benzene rings is 2. The molecule has 0 fully saturated rings. The van der Waals surface area contributed by atoms with E-state index in [9.17, 15) is 0 Å². The number of rotatable bonds is 4. The monoisotopic (exact) mass is 333 g/mol. The summed E-state index contributed by atoms with van der Waals surface area (Å²) in [6.07, 6.45) is 0. The normalized spacial score (nSPS) is 10.4. The highest BCUT2D eigenvalue weighted by atomic mass is 79.9. The largest absolute Gasteiger partial charge is 0.496 e. The number of hydrogen-bond donors (Lipinski definition) is 0. The molecule has 3 heteroatoms. The van der Waals surface area contributed by atoms with Crippen molar-refractivity contribution in [2.45, 2.75) is 20.4 Å². The van der Waals surface area contributed by atoms with Gasteiger partial charge < -0.3 is 9.64 Å². The van der Waals surface area contributed by atoms with Gasteiger partial charge in [-0.05, 0) is 70.7 Å². The molecule has 2 aromatic rings. The number of anilines is 1. The van der Waals surface area contributed by atoms with Crippen LogP contribution >= 0.6 is 15.9 Å². The van der Waals surface area contributed by atoms with E-state index in [-0.39, 0.29) is 0 Å². The van der Waals surface area contributed by atoms with Crippen LogP contribution in [0.2, 0.25) is 0 Å². The summed E-state index contributed by atoms with van der Waals surface area (Å²) in [4.78, 5) is 2.26. The molecule has 0 heterocycles. The Hall–Kier alpha value is -1.48. The summed E-state index contributed by atoms with van der Waals surface area (Å²) in [7, 11) is 3.80. The maximum Gasteiger partial charge on any atom is 0.133 e. The highest BCUT2D eigenvalue weighted by Gasteiger charge is 2.06. The predicted molar refractivity (Wildman–Crippen MR) is 88.7 cm³/mol. The summed E-state index contributed by atoms with van der Waals surface area (Å²) in [6.45, 7) is 5.13. The van der Waals surface area contributed by atoms with Gasteiger partial charge in [-0.1, -0.05) is 12.1 Å². The first-order valence-electron chi connectivity index (χ1n) is 6.61. The molecule has 0 bridgehead atoms. The predicted octanol–water partition coefficient (Wildman–Crippen LogP) is 4.71. The molecule has 0 aliphatic rings. The van der Waals surface area contributed by atoms with Crippen molar-refractivity contribution in [1.82, 2.24) is 0 Å². The molecule has 2 nitrogen and oxygen atoms in total. The molecule has 20 heavy (non-hydrogen) atoms. The van der Waals surface area contributed by atoms with Crippen molar-refractivity contribution in [3.63, 3.8) is 0 Å². The van der Waals surface area contributed by atoms with Gasteiger partial charge in [0.1, 0.15) is 5.75 Å². The van der Waals surface area contributed by atoms with Crippen LogP contribution in [0.3, 0.4) is 0 Å². The van der Waals surface area contributed by atoms with Gasteiger partial charge in [0, 0.05) is 19.3 Å². The Morgan fingerprint density at radius 1 is 1.05 bits per heavy atom. The molecule has 0 spiro atoms. The molecule has 0 aromatic heterocycles. The summed E-state index contributed by atoms with van der Waals surface area (Å²) in [6, 6.07) is 12.8. The molecule has 0 saturated heterocycles. The second-order valence-corrected chi connectivity index (χ2v) is 6.03. The average Bonchev–Trinajstić information content (AvgIpc) is 2.37. The van der Waals surface area contributed by atoms with E-state index >= 15 is 0 Å². The van der Waals surface area contributed by atoms with Crippen LogP contribution in [-0.2, 0) is 6.54 Å². The van der Waals surface area contributed by atoms with E-state index in [2.05, 4.69) is 72.1 Å². The smallest absolute Gasteiger partial charge is 0.133 e. The second kappa shape index (κ2) is 6.31. The molecule has 0 amide bonds. The summed E-state index contributed by atoms with van der Waals surface area (Å²) in [5, 5.41) is 0. The fourth-order valence-electron chi connectivity index (χ4n) is 2.34. The van der Waals surface area contributed by atoms with Crippen molar-refractivity contribution in [2.24, 2.45) is 0 Å². The highest BCUT2D eigenvalue weighted by molar-refractivity contribution is 9.10. The molecule has 0 unspecified atom stereocenters. The third kappa shape index (κ3) is 3.54. The lowest BCUT2D eigenvalue weighted by Gasteiger charge is -2.21. The second-order valence-electron chi connectivity index (χ2n) is 5.17. The van der Waals surface area contributed by atoms with Gasteiger partial charge in [0.2, 0.25) is 0 Å². The molecule has 0 atom stereocenters. The average molecular weight is 334 g/mol. The molecule has 0 aliphatic carbocycles. The lowest BCUT2D eigenvalue weighted by atomic mass is 10.1. The number of hydrogen-bond acceptors (Lipinski definition) is 2. The van der Waals surface area contributed by atoms with Gasteiger partial charge in [0.05, 0.1) is 11.6 Å². The first-order valence-corrected chi connectivity index (χ1v) is 7.41. The topological polar surface area (TPSA) is 12.5 Å². The van der Waals surface area contributed by atoms with E-state index in [0.29, 0.717) is 0 Å². The van der Waals surface area contributed by atoms with Gasteiger partial charge in [-0.15, -0.1) is 0 Å². The van der Waals surface area contributed by atoms with Crippen LogP contribution in [0.25, 0.3) is 0 Å². The SMILES string of the molecule is COc1ccc(CN(C)c2cc(C)cc(C)c2)cc1Br. The summed E-state index contributed by atoms with van der Waals surface area (Å²) in [5.41, 5.74) is 5.08. The fourth-order valence-corrected chi connectivity index (χ4v) is 2.93. The van der Waals surface area contributed by atoms with E-state index in [4.69, 9.17) is 4.74 Å². The zero-order chi connectivity index (χ0) is 14.7. The molecule has 0 N–H and O–H groups in total. The number of halogens is 1. The molecular weight excluding hydrogens is 314 g/mol. The minimum atomic E-state index is 0.864. The van der Waals surface area contributed by atoms with Gasteiger partial charge in [-0.25, -0.2) is 0 Å². The minimum Gasteiger partial charge on any atom is -0.496 e. The van der Waals surface area contributed by atoms with Gasteiger partial charge in [0.15, 0.2) is 0 Å². The lowest BCUT2D eigenvalue weighted by Crippen LogP contribution is -2.16. The Bertz CT molecular complexity index is 590. The Labute approximate surface area is 129 Å². The summed E-state index contributed by atoms with van der Waals surface area (Å²) < 4.78 is 6.25. The Balaban J connectivity index is 2.18. The fraction of sp³-hybridized carbons (Fsp3) is 0.294. The molecular formula is C17H20BrNO. The highest BCUT2D eigenvalue weighted by Crippen LogP contribution is 2.27. The van der Waals surface area contributed by atoms with Crippen molar-refractivity contribution in [2.75, 3.05) is 19.1 Å². The van der Waals surface area contributed by atoms with Crippen LogP contribution in [0.15, 0.2) is 40.9 Å². The Morgan fingerprint density at radius 3 is 2.25 bits per heavy atom. The first-order chi connectivity index (χ1) is 9.49. The van der Waals surface area contributed by atoms with Crippen molar-refractivity contribution in [3.8, 4) is 5.75 Å². The van der Waals surface area contributed by atoms with Gasteiger partial charge in [-0.3, -0.25) is 0 Å². The van der Waals surface area contributed by atoms with E-state index in [1.807, 2.05) is 6.07 Å². The standard InChI is InChI=1S/C17H20BrNO/c1-12-7-13(2)9-15(8-12)19(3)11-14-5-6-17(20-4)16(18)10-14/h5-10H,11H2,1-4H3. The van der Waals surface area contributed by atoms with E-state index in [0.717, 1.165) is 16.8 Å². The van der Waals surface area contributed by atoms with Crippen molar-refractivity contribution >= 4 is 21.6 Å². The first kappa shape index (κ1) is 14.9. The molecule has 0 saturated carbocycles. The minimum absolute atomic E-state index is 0.864. The molecule has 2 rings (SSSR count).